The van der Waals surface area contributed by atoms with Crippen LogP contribution < -0.4 is 10.5 Å². The minimum atomic E-state index is -0.377. The Labute approximate surface area is 113 Å². The number of halogens is 1. The lowest BCUT2D eigenvalue weighted by Crippen LogP contribution is -2.11. The minimum Gasteiger partial charge on any atom is -0.483 e. The molecule has 2 N–H and O–H groups in total. The van der Waals surface area contributed by atoms with Gasteiger partial charge < -0.3 is 10.5 Å². The van der Waals surface area contributed by atoms with Crippen molar-refractivity contribution in [2.75, 3.05) is 0 Å². The van der Waals surface area contributed by atoms with Crippen LogP contribution in [0.3, 0.4) is 0 Å². The zero-order valence-electron chi connectivity index (χ0n) is 11.1. The predicted molar refractivity (Wildman–Crippen MR) is 74.5 cm³/mol. The van der Waals surface area contributed by atoms with Crippen LogP contribution in [-0.2, 0) is 0 Å². The second-order valence-electron chi connectivity index (χ2n) is 4.62. The van der Waals surface area contributed by atoms with Gasteiger partial charge in [-0.2, -0.15) is 0 Å². The molecule has 3 heteroatoms. The van der Waals surface area contributed by atoms with Gasteiger partial charge in [0.15, 0.2) is 11.6 Å². The van der Waals surface area contributed by atoms with Crippen molar-refractivity contribution in [2.24, 2.45) is 5.73 Å². The largest absolute Gasteiger partial charge is 0.483 e. The highest BCUT2D eigenvalue weighted by Crippen LogP contribution is 2.31. The van der Waals surface area contributed by atoms with E-state index in [1.165, 1.54) is 6.07 Å². The fourth-order valence-corrected chi connectivity index (χ4v) is 1.98. The molecular weight excluding hydrogens is 241 g/mol. The summed E-state index contributed by atoms with van der Waals surface area (Å²) in [5, 5.41) is 0. The van der Waals surface area contributed by atoms with Gasteiger partial charge in [-0.3, -0.25) is 0 Å². The molecule has 0 saturated heterocycles. The van der Waals surface area contributed by atoms with Crippen LogP contribution in [0.5, 0.6) is 5.75 Å². The average Bonchev–Trinajstić information content (AvgIpc) is 2.41. The number of rotatable bonds is 4. The summed E-state index contributed by atoms with van der Waals surface area (Å²) in [7, 11) is 0. The summed E-state index contributed by atoms with van der Waals surface area (Å²) >= 11 is 0. The van der Waals surface area contributed by atoms with E-state index in [-0.39, 0.29) is 23.7 Å². The highest BCUT2D eigenvalue weighted by molar-refractivity contribution is 5.37. The molecule has 0 aliphatic carbocycles. The van der Waals surface area contributed by atoms with Crippen molar-refractivity contribution in [2.45, 2.75) is 26.0 Å². The van der Waals surface area contributed by atoms with Crippen molar-refractivity contribution in [3.05, 3.63) is 65.5 Å². The first-order valence-electron chi connectivity index (χ1n) is 6.35. The van der Waals surface area contributed by atoms with Gasteiger partial charge in [0, 0.05) is 11.6 Å². The first kappa shape index (κ1) is 13.6. The Morgan fingerprint density at radius 3 is 2.32 bits per heavy atom. The van der Waals surface area contributed by atoms with Crippen molar-refractivity contribution in [3.63, 3.8) is 0 Å². The Morgan fingerprint density at radius 2 is 1.68 bits per heavy atom. The number of benzene rings is 2. The van der Waals surface area contributed by atoms with Gasteiger partial charge >= 0.3 is 0 Å². The summed E-state index contributed by atoms with van der Waals surface area (Å²) in [5.74, 6) is -0.133. The molecule has 2 rings (SSSR count). The average molecular weight is 259 g/mol. The lowest BCUT2D eigenvalue weighted by Gasteiger charge is -2.19. The van der Waals surface area contributed by atoms with Crippen LogP contribution in [0.15, 0.2) is 48.5 Å². The molecule has 0 aliphatic rings. The van der Waals surface area contributed by atoms with E-state index in [0.717, 1.165) is 5.56 Å². The molecule has 19 heavy (non-hydrogen) atoms. The summed E-state index contributed by atoms with van der Waals surface area (Å²) in [6.45, 7) is 3.71. The molecule has 0 amide bonds. The summed E-state index contributed by atoms with van der Waals surface area (Å²) in [4.78, 5) is 0. The molecule has 2 aromatic rings. The SMILES string of the molecule is CC(Oc1c(F)cccc1[C@@H](C)N)c1ccccc1. The molecule has 0 radical (unpaired) electrons. The van der Waals surface area contributed by atoms with Gasteiger partial charge in [-0.05, 0) is 25.5 Å². The summed E-state index contributed by atoms with van der Waals surface area (Å²) in [5.41, 5.74) is 7.54. The normalized spacial score (nSPS) is 13.9. The van der Waals surface area contributed by atoms with E-state index in [1.807, 2.05) is 44.2 Å². The van der Waals surface area contributed by atoms with E-state index >= 15 is 0 Å². The predicted octanol–water partition coefficient (Wildman–Crippen LogP) is 3.99. The van der Waals surface area contributed by atoms with E-state index in [2.05, 4.69) is 0 Å². The Morgan fingerprint density at radius 1 is 1.00 bits per heavy atom. The van der Waals surface area contributed by atoms with E-state index in [1.54, 1.807) is 12.1 Å². The Balaban J connectivity index is 2.28. The fourth-order valence-electron chi connectivity index (χ4n) is 1.98. The standard InChI is InChI=1S/C16H18FNO/c1-11(18)14-9-6-10-15(17)16(14)19-12(2)13-7-4-3-5-8-13/h3-12H,18H2,1-2H3/t11-,12?/m1/s1. The lowest BCUT2D eigenvalue weighted by molar-refractivity contribution is 0.213. The van der Waals surface area contributed by atoms with Gasteiger partial charge in [0.2, 0.25) is 0 Å². The minimum absolute atomic E-state index is 0.226. The zero-order valence-corrected chi connectivity index (χ0v) is 11.1. The third-order valence-corrected chi connectivity index (χ3v) is 3.05. The zero-order chi connectivity index (χ0) is 13.8. The quantitative estimate of drug-likeness (QED) is 0.901. The van der Waals surface area contributed by atoms with E-state index in [4.69, 9.17) is 10.5 Å². The maximum Gasteiger partial charge on any atom is 0.165 e. The summed E-state index contributed by atoms with van der Waals surface area (Å²) in [6, 6.07) is 14.3. The number of hydrogen-bond donors (Lipinski definition) is 1. The van der Waals surface area contributed by atoms with Crippen molar-refractivity contribution in [3.8, 4) is 5.75 Å². The van der Waals surface area contributed by atoms with Crippen molar-refractivity contribution >= 4 is 0 Å². The molecule has 0 heterocycles. The number of ether oxygens (including phenoxy) is 1. The van der Waals surface area contributed by atoms with Crippen LogP contribution in [0.4, 0.5) is 4.39 Å². The van der Waals surface area contributed by atoms with E-state index in [0.29, 0.717) is 5.56 Å². The van der Waals surface area contributed by atoms with Gasteiger partial charge in [0.1, 0.15) is 6.10 Å². The first-order chi connectivity index (χ1) is 9.09. The second kappa shape index (κ2) is 5.85. The molecule has 1 unspecified atom stereocenters. The smallest absolute Gasteiger partial charge is 0.165 e. The van der Waals surface area contributed by atoms with Gasteiger partial charge in [0.05, 0.1) is 0 Å². The molecule has 2 atom stereocenters. The Hall–Kier alpha value is -1.87. The molecule has 0 saturated carbocycles. The van der Waals surface area contributed by atoms with Crippen molar-refractivity contribution in [1.82, 2.24) is 0 Å². The van der Waals surface area contributed by atoms with Crippen LogP contribution in [0.2, 0.25) is 0 Å². The fraction of sp³-hybridized carbons (Fsp3) is 0.250. The molecule has 2 nitrogen and oxygen atoms in total. The van der Waals surface area contributed by atoms with Crippen LogP contribution >= 0.6 is 0 Å². The maximum atomic E-state index is 13.9. The van der Waals surface area contributed by atoms with Crippen LogP contribution in [0, 0.1) is 5.82 Å². The topological polar surface area (TPSA) is 35.2 Å². The summed E-state index contributed by atoms with van der Waals surface area (Å²) < 4.78 is 19.7. The number of hydrogen-bond acceptors (Lipinski definition) is 2. The molecule has 0 aliphatic heterocycles. The molecule has 2 aromatic carbocycles. The van der Waals surface area contributed by atoms with Gasteiger partial charge in [-0.25, -0.2) is 4.39 Å². The van der Waals surface area contributed by atoms with Gasteiger partial charge in [-0.15, -0.1) is 0 Å². The van der Waals surface area contributed by atoms with Gasteiger partial charge in [-0.1, -0.05) is 42.5 Å². The number of nitrogens with two attached hydrogens (primary N) is 1. The molecule has 100 valence electrons. The third kappa shape index (κ3) is 3.12. The highest BCUT2D eigenvalue weighted by atomic mass is 19.1. The monoisotopic (exact) mass is 259 g/mol. The van der Waals surface area contributed by atoms with Gasteiger partial charge in [0.25, 0.3) is 0 Å². The van der Waals surface area contributed by atoms with E-state index < -0.39 is 0 Å². The molecular formula is C16H18FNO. The third-order valence-electron chi connectivity index (χ3n) is 3.05. The highest BCUT2D eigenvalue weighted by Gasteiger charge is 2.16. The molecule has 0 aromatic heterocycles. The Bertz CT molecular complexity index is 540. The molecule has 0 fully saturated rings. The molecule has 0 bridgehead atoms. The Kier molecular flexibility index (Phi) is 4.17. The number of para-hydroxylation sites is 1. The van der Waals surface area contributed by atoms with Crippen LogP contribution in [0.1, 0.15) is 37.1 Å². The van der Waals surface area contributed by atoms with Crippen LogP contribution in [0.25, 0.3) is 0 Å². The van der Waals surface area contributed by atoms with Crippen molar-refractivity contribution < 1.29 is 9.13 Å². The van der Waals surface area contributed by atoms with Crippen LogP contribution in [-0.4, -0.2) is 0 Å². The lowest BCUT2D eigenvalue weighted by atomic mass is 10.1. The first-order valence-corrected chi connectivity index (χ1v) is 6.35. The summed E-state index contributed by atoms with van der Waals surface area (Å²) in [6.07, 6.45) is -0.226. The second-order valence-corrected chi connectivity index (χ2v) is 4.62. The van der Waals surface area contributed by atoms with E-state index in [9.17, 15) is 4.39 Å². The maximum absolute atomic E-state index is 13.9. The van der Waals surface area contributed by atoms with Crippen molar-refractivity contribution in [1.29, 1.82) is 0 Å². The molecule has 0 spiro atoms.